The lowest BCUT2D eigenvalue weighted by Gasteiger charge is -2.39. The highest BCUT2D eigenvalue weighted by atomic mass is 15.4. The van der Waals surface area contributed by atoms with E-state index >= 15 is 0 Å². The summed E-state index contributed by atoms with van der Waals surface area (Å²) in [5.41, 5.74) is 0. The molecule has 19 heavy (non-hydrogen) atoms. The van der Waals surface area contributed by atoms with Crippen LogP contribution in [-0.4, -0.2) is 61.3 Å². The lowest BCUT2D eigenvalue weighted by Crippen LogP contribution is -2.54. The minimum atomic E-state index is 1.34. The van der Waals surface area contributed by atoms with E-state index in [9.17, 15) is 0 Å². The van der Waals surface area contributed by atoms with Crippen LogP contribution in [0.1, 0.15) is 58.8 Å². The molecule has 0 atom stereocenters. The van der Waals surface area contributed by atoms with Gasteiger partial charge in [-0.1, -0.05) is 12.8 Å². The normalized spacial score (nSPS) is 28.1. The van der Waals surface area contributed by atoms with Crippen molar-refractivity contribution in [2.24, 2.45) is 0 Å². The summed E-state index contributed by atoms with van der Waals surface area (Å²) in [6.07, 6.45) is 10.4. The van der Waals surface area contributed by atoms with Gasteiger partial charge in [0.25, 0.3) is 0 Å². The van der Waals surface area contributed by atoms with Gasteiger partial charge in [-0.25, -0.2) is 0 Å². The van der Waals surface area contributed by atoms with E-state index in [1.165, 1.54) is 106 Å². The van der Waals surface area contributed by atoms with Gasteiger partial charge in [-0.15, -0.1) is 0 Å². The first-order chi connectivity index (χ1) is 9.24. The first-order valence-electron chi connectivity index (χ1n) is 8.94. The van der Waals surface area contributed by atoms with Crippen molar-refractivity contribution >= 4 is 0 Å². The second kappa shape index (κ2) is 7.08. The van der Waals surface area contributed by atoms with Crippen molar-refractivity contribution in [2.45, 2.75) is 58.8 Å². The average Bonchev–Trinajstić information content (AvgIpc) is 2.53. The molecular weight excluding hydrogens is 232 g/mol. The maximum absolute atomic E-state index is 2.40. The third-order valence-electron chi connectivity index (χ3n) is 6.17. The highest BCUT2D eigenvalue weighted by Gasteiger charge is 2.36. The standard InChI is InChI=1S/C17H36N2/c1-3-18(4-2)14-11-15-19(17-16-18)12-9-7-5-6-8-10-13-19/h3-17H2,1-2H3/q+2. The van der Waals surface area contributed by atoms with E-state index in [1.54, 1.807) is 0 Å². The van der Waals surface area contributed by atoms with Gasteiger partial charge in [0, 0.05) is 6.42 Å². The van der Waals surface area contributed by atoms with Gasteiger partial charge < -0.3 is 8.97 Å². The van der Waals surface area contributed by atoms with E-state index in [-0.39, 0.29) is 0 Å². The number of rotatable bonds is 2. The van der Waals surface area contributed by atoms with Crippen molar-refractivity contribution in [2.75, 3.05) is 52.4 Å². The molecule has 1 spiro atoms. The zero-order chi connectivity index (χ0) is 13.6. The van der Waals surface area contributed by atoms with Crippen LogP contribution in [-0.2, 0) is 0 Å². The van der Waals surface area contributed by atoms with E-state index in [4.69, 9.17) is 0 Å². The fourth-order valence-corrected chi connectivity index (χ4v) is 4.41. The molecule has 0 N–H and O–H groups in total. The van der Waals surface area contributed by atoms with E-state index in [0.29, 0.717) is 0 Å². The summed E-state index contributed by atoms with van der Waals surface area (Å²) < 4.78 is 2.86. The minimum Gasteiger partial charge on any atom is -0.319 e. The van der Waals surface area contributed by atoms with Crippen LogP contribution < -0.4 is 0 Å². The quantitative estimate of drug-likeness (QED) is 0.673. The van der Waals surface area contributed by atoms with Crippen LogP contribution in [0.5, 0.6) is 0 Å². The lowest BCUT2D eigenvalue weighted by molar-refractivity contribution is -0.962. The van der Waals surface area contributed by atoms with Crippen molar-refractivity contribution < 1.29 is 8.97 Å². The van der Waals surface area contributed by atoms with Gasteiger partial charge in [-0.3, -0.25) is 0 Å². The molecule has 0 unspecified atom stereocenters. The number of hydrogen-bond acceptors (Lipinski definition) is 0. The maximum Gasteiger partial charge on any atom is 0.129 e. The minimum absolute atomic E-state index is 1.34. The van der Waals surface area contributed by atoms with Crippen LogP contribution in [0.25, 0.3) is 0 Å². The van der Waals surface area contributed by atoms with Gasteiger partial charge in [-0.2, -0.15) is 0 Å². The Morgan fingerprint density at radius 1 is 0.526 bits per heavy atom. The second-order valence-electron chi connectivity index (χ2n) is 7.13. The Bertz CT molecular complexity index is 248. The van der Waals surface area contributed by atoms with Crippen molar-refractivity contribution in [3.63, 3.8) is 0 Å². The van der Waals surface area contributed by atoms with Crippen LogP contribution in [0.3, 0.4) is 0 Å². The molecule has 0 radical (unpaired) electrons. The lowest BCUT2D eigenvalue weighted by atomic mass is 10.1. The van der Waals surface area contributed by atoms with Gasteiger partial charge in [-0.05, 0) is 39.5 Å². The Labute approximate surface area is 121 Å². The number of likely N-dealkylation sites (N-methyl/N-ethyl adjacent to an activating group) is 1. The van der Waals surface area contributed by atoms with Crippen molar-refractivity contribution in [3.05, 3.63) is 0 Å². The Hall–Kier alpha value is -0.0800. The highest BCUT2D eigenvalue weighted by Crippen LogP contribution is 2.23. The molecule has 2 saturated heterocycles. The molecule has 2 nitrogen and oxygen atoms in total. The highest BCUT2D eigenvalue weighted by molar-refractivity contribution is 4.58. The van der Waals surface area contributed by atoms with Gasteiger partial charge in [0.2, 0.25) is 0 Å². The SMILES string of the molecule is CC[N+]1(CC)CCC[N+]2(CCCCCCCC2)CC1. The van der Waals surface area contributed by atoms with Gasteiger partial charge in [0.05, 0.1) is 39.3 Å². The Kier molecular flexibility index (Phi) is 5.70. The first kappa shape index (κ1) is 15.3. The molecule has 0 aromatic carbocycles. The predicted molar refractivity (Wildman–Crippen MR) is 83.1 cm³/mol. The summed E-state index contributed by atoms with van der Waals surface area (Å²) in [7, 11) is 0. The van der Waals surface area contributed by atoms with E-state index < -0.39 is 0 Å². The average molecular weight is 268 g/mol. The van der Waals surface area contributed by atoms with Gasteiger partial charge >= 0.3 is 0 Å². The fourth-order valence-electron chi connectivity index (χ4n) is 4.41. The smallest absolute Gasteiger partial charge is 0.129 e. The molecule has 2 aliphatic heterocycles. The molecular formula is C17H36N2+2. The monoisotopic (exact) mass is 268 g/mol. The van der Waals surface area contributed by atoms with Crippen molar-refractivity contribution in [3.8, 4) is 0 Å². The summed E-state index contributed by atoms with van der Waals surface area (Å²) >= 11 is 0. The van der Waals surface area contributed by atoms with Crippen LogP contribution in [0.4, 0.5) is 0 Å². The number of nitrogens with zero attached hydrogens (tertiary/aromatic N) is 2. The molecule has 0 bridgehead atoms. The summed E-state index contributed by atoms with van der Waals surface area (Å²) in [6, 6.07) is 0. The Morgan fingerprint density at radius 3 is 1.63 bits per heavy atom. The summed E-state index contributed by atoms with van der Waals surface area (Å²) in [5, 5.41) is 0. The van der Waals surface area contributed by atoms with Crippen molar-refractivity contribution in [1.82, 2.24) is 0 Å². The summed E-state index contributed by atoms with van der Waals surface area (Å²) in [5.74, 6) is 0. The molecule has 112 valence electrons. The molecule has 2 aliphatic rings. The van der Waals surface area contributed by atoms with Crippen LogP contribution >= 0.6 is 0 Å². The molecule has 0 amide bonds. The molecule has 0 aliphatic carbocycles. The largest absolute Gasteiger partial charge is 0.319 e. The van der Waals surface area contributed by atoms with E-state index in [1.807, 2.05) is 0 Å². The molecule has 2 fully saturated rings. The molecule has 0 aromatic rings. The zero-order valence-corrected chi connectivity index (χ0v) is 13.5. The molecule has 0 aromatic heterocycles. The van der Waals surface area contributed by atoms with Gasteiger partial charge in [0.15, 0.2) is 0 Å². The predicted octanol–water partition coefficient (Wildman–Crippen LogP) is 3.42. The number of hydrogen-bond donors (Lipinski definition) is 0. The molecule has 2 heteroatoms. The van der Waals surface area contributed by atoms with Crippen molar-refractivity contribution in [1.29, 1.82) is 0 Å². The summed E-state index contributed by atoms with van der Waals surface area (Å²) in [4.78, 5) is 0. The molecule has 2 heterocycles. The number of quaternary nitrogens is 2. The third-order valence-corrected chi connectivity index (χ3v) is 6.17. The topological polar surface area (TPSA) is 0 Å². The third kappa shape index (κ3) is 3.95. The maximum atomic E-state index is 2.40. The molecule has 2 rings (SSSR count). The summed E-state index contributed by atoms with van der Waals surface area (Å²) in [6.45, 7) is 16.3. The van der Waals surface area contributed by atoms with Crippen LogP contribution in [0.2, 0.25) is 0 Å². The van der Waals surface area contributed by atoms with Gasteiger partial charge in [0.1, 0.15) is 13.1 Å². The van der Waals surface area contributed by atoms with Crippen LogP contribution in [0.15, 0.2) is 0 Å². The van der Waals surface area contributed by atoms with E-state index in [2.05, 4.69) is 13.8 Å². The fraction of sp³-hybridized carbons (Fsp3) is 1.00. The Balaban J connectivity index is 2.01. The van der Waals surface area contributed by atoms with E-state index in [0.717, 1.165) is 0 Å². The zero-order valence-electron chi connectivity index (χ0n) is 13.5. The first-order valence-corrected chi connectivity index (χ1v) is 8.94. The molecule has 0 saturated carbocycles. The van der Waals surface area contributed by atoms with Crippen LogP contribution in [0, 0.1) is 0 Å². The second-order valence-corrected chi connectivity index (χ2v) is 7.13. The Morgan fingerprint density at radius 2 is 1.05 bits per heavy atom.